The maximum atomic E-state index is 3.47. The Morgan fingerprint density at radius 2 is 1.76 bits per heavy atom. The van der Waals surface area contributed by atoms with Gasteiger partial charge in [0.2, 0.25) is 0 Å². The van der Waals surface area contributed by atoms with Crippen LogP contribution in [0, 0.1) is 5.92 Å². The van der Waals surface area contributed by atoms with Gasteiger partial charge in [0.15, 0.2) is 0 Å². The molecule has 4 saturated heterocycles. The smallest absolute Gasteiger partial charge is 0.0242 e. The summed E-state index contributed by atoms with van der Waals surface area (Å²) >= 11 is 0. The van der Waals surface area contributed by atoms with Gasteiger partial charge in [-0.3, -0.25) is 9.80 Å². The average molecular weight is 237 g/mol. The van der Waals surface area contributed by atoms with E-state index in [1.54, 1.807) is 0 Å². The molecule has 2 bridgehead atoms. The lowest BCUT2D eigenvalue weighted by Gasteiger charge is -2.58. The average Bonchev–Trinajstić information content (AvgIpc) is 2.37. The minimum Gasteiger partial charge on any atom is -0.317 e. The van der Waals surface area contributed by atoms with E-state index in [-0.39, 0.29) is 0 Å². The summed E-state index contributed by atoms with van der Waals surface area (Å²) in [4.78, 5) is 5.48. The normalized spacial score (nSPS) is 36.2. The van der Waals surface area contributed by atoms with Crippen LogP contribution in [0.25, 0.3) is 0 Å². The predicted octanol–water partition coefficient (Wildman–Crippen LogP) is 1.15. The molecule has 0 aliphatic carbocycles. The molecule has 4 fully saturated rings. The molecule has 0 radical (unpaired) electrons. The Kier molecular flexibility index (Phi) is 3.42. The third kappa shape index (κ3) is 2.38. The Labute approximate surface area is 106 Å². The van der Waals surface area contributed by atoms with Crippen molar-refractivity contribution >= 4 is 0 Å². The summed E-state index contributed by atoms with van der Waals surface area (Å²) in [6.07, 6.45) is 4.25. The summed E-state index contributed by atoms with van der Waals surface area (Å²) in [5.41, 5.74) is 0. The Morgan fingerprint density at radius 1 is 1.12 bits per heavy atom. The van der Waals surface area contributed by atoms with E-state index < -0.39 is 0 Å². The van der Waals surface area contributed by atoms with Gasteiger partial charge in [-0.2, -0.15) is 0 Å². The zero-order valence-electron chi connectivity index (χ0n) is 11.4. The second kappa shape index (κ2) is 4.87. The molecule has 4 aliphatic heterocycles. The zero-order chi connectivity index (χ0) is 11.8. The molecule has 4 rings (SSSR count). The Morgan fingerprint density at radius 3 is 2.35 bits per heavy atom. The second-order valence-electron chi connectivity index (χ2n) is 6.48. The number of hydrogen-bond donors (Lipinski definition) is 1. The standard InChI is InChI=1S/C14H27N3/c1-11(2)16-9-13-7-14(10-16)17(13)8-12-3-5-15-6-4-12/h11-15H,3-10H2,1-2H3. The number of fused-ring (bicyclic) bond motifs is 2. The number of piperidine rings is 2. The van der Waals surface area contributed by atoms with Crippen LogP contribution >= 0.6 is 0 Å². The monoisotopic (exact) mass is 237 g/mol. The summed E-state index contributed by atoms with van der Waals surface area (Å²) in [6.45, 7) is 11.2. The first kappa shape index (κ1) is 11.9. The molecule has 0 spiro atoms. The molecule has 2 atom stereocenters. The van der Waals surface area contributed by atoms with Crippen molar-refractivity contribution in [3.63, 3.8) is 0 Å². The molecule has 4 aliphatic rings. The fourth-order valence-corrected chi connectivity index (χ4v) is 3.80. The summed E-state index contributed by atoms with van der Waals surface area (Å²) in [5, 5.41) is 3.47. The van der Waals surface area contributed by atoms with Crippen molar-refractivity contribution in [3.8, 4) is 0 Å². The third-order valence-electron chi connectivity index (χ3n) is 5.03. The Balaban J connectivity index is 1.50. The van der Waals surface area contributed by atoms with E-state index in [4.69, 9.17) is 0 Å². The van der Waals surface area contributed by atoms with Crippen molar-refractivity contribution in [1.82, 2.24) is 15.1 Å². The Bertz CT molecular complexity index is 248. The highest BCUT2D eigenvalue weighted by molar-refractivity contribution is 5.02. The molecule has 0 saturated carbocycles. The maximum absolute atomic E-state index is 3.47. The van der Waals surface area contributed by atoms with E-state index in [1.165, 1.54) is 52.0 Å². The number of piperazine rings is 1. The fraction of sp³-hybridized carbons (Fsp3) is 1.00. The highest BCUT2D eigenvalue weighted by Crippen LogP contribution is 2.34. The van der Waals surface area contributed by atoms with Crippen LogP contribution in [0.2, 0.25) is 0 Å². The van der Waals surface area contributed by atoms with Gasteiger partial charge in [0.1, 0.15) is 0 Å². The molecular weight excluding hydrogens is 210 g/mol. The quantitative estimate of drug-likeness (QED) is 0.794. The van der Waals surface area contributed by atoms with Gasteiger partial charge in [0, 0.05) is 37.8 Å². The van der Waals surface area contributed by atoms with Gasteiger partial charge in [-0.05, 0) is 52.1 Å². The molecule has 3 heteroatoms. The first-order valence-electron chi connectivity index (χ1n) is 7.44. The van der Waals surface area contributed by atoms with Gasteiger partial charge in [0.25, 0.3) is 0 Å². The van der Waals surface area contributed by atoms with E-state index in [1.807, 2.05) is 0 Å². The van der Waals surface area contributed by atoms with Crippen molar-refractivity contribution < 1.29 is 0 Å². The van der Waals surface area contributed by atoms with E-state index in [0.717, 1.165) is 24.0 Å². The van der Waals surface area contributed by atoms with Gasteiger partial charge in [-0.1, -0.05) is 0 Å². The maximum Gasteiger partial charge on any atom is 0.0242 e. The topological polar surface area (TPSA) is 18.5 Å². The van der Waals surface area contributed by atoms with E-state index in [2.05, 4.69) is 29.0 Å². The summed E-state index contributed by atoms with van der Waals surface area (Å²) < 4.78 is 0. The minimum absolute atomic E-state index is 0.737. The van der Waals surface area contributed by atoms with Crippen molar-refractivity contribution in [2.24, 2.45) is 5.92 Å². The summed E-state index contributed by atoms with van der Waals surface area (Å²) in [7, 11) is 0. The van der Waals surface area contributed by atoms with E-state index >= 15 is 0 Å². The minimum atomic E-state index is 0.737. The lowest BCUT2D eigenvalue weighted by molar-refractivity contribution is -0.0867. The number of nitrogens with one attached hydrogen (secondary N) is 1. The van der Waals surface area contributed by atoms with Crippen LogP contribution in [0.1, 0.15) is 33.1 Å². The first-order chi connectivity index (χ1) is 8.24. The van der Waals surface area contributed by atoms with Crippen LogP contribution < -0.4 is 5.32 Å². The van der Waals surface area contributed by atoms with Crippen molar-refractivity contribution in [3.05, 3.63) is 0 Å². The lowest BCUT2D eigenvalue weighted by atomic mass is 9.84. The van der Waals surface area contributed by atoms with Crippen LogP contribution in [0.5, 0.6) is 0 Å². The zero-order valence-corrected chi connectivity index (χ0v) is 11.4. The molecule has 2 unspecified atom stereocenters. The van der Waals surface area contributed by atoms with Crippen LogP contribution in [-0.4, -0.2) is 60.6 Å². The molecule has 0 aromatic heterocycles. The van der Waals surface area contributed by atoms with E-state index in [9.17, 15) is 0 Å². The molecule has 17 heavy (non-hydrogen) atoms. The van der Waals surface area contributed by atoms with Crippen molar-refractivity contribution in [2.75, 3.05) is 32.7 Å². The molecule has 0 amide bonds. The molecule has 1 N–H and O–H groups in total. The predicted molar refractivity (Wildman–Crippen MR) is 71.2 cm³/mol. The fourth-order valence-electron chi connectivity index (χ4n) is 3.80. The van der Waals surface area contributed by atoms with Gasteiger partial charge < -0.3 is 5.32 Å². The van der Waals surface area contributed by atoms with Gasteiger partial charge in [-0.15, -0.1) is 0 Å². The molecule has 0 aromatic carbocycles. The van der Waals surface area contributed by atoms with Crippen molar-refractivity contribution in [2.45, 2.75) is 51.2 Å². The van der Waals surface area contributed by atoms with Crippen molar-refractivity contribution in [1.29, 1.82) is 0 Å². The van der Waals surface area contributed by atoms with Gasteiger partial charge in [-0.25, -0.2) is 0 Å². The van der Waals surface area contributed by atoms with Crippen LogP contribution in [0.15, 0.2) is 0 Å². The van der Waals surface area contributed by atoms with Gasteiger partial charge in [0.05, 0.1) is 0 Å². The molecule has 98 valence electrons. The Hall–Kier alpha value is -0.120. The second-order valence-corrected chi connectivity index (χ2v) is 6.48. The summed E-state index contributed by atoms with van der Waals surface area (Å²) in [6, 6.07) is 2.50. The highest BCUT2D eigenvalue weighted by Gasteiger charge is 2.45. The summed E-state index contributed by atoms with van der Waals surface area (Å²) in [5.74, 6) is 0.965. The van der Waals surface area contributed by atoms with Crippen LogP contribution in [-0.2, 0) is 0 Å². The van der Waals surface area contributed by atoms with E-state index in [0.29, 0.717) is 0 Å². The molecule has 4 heterocycles. The van der Waals surface area contributed by atoms with Gasteiger partial charge >= 0.3 is 0 Å². The first-order valence-corrected chi connectivity index (χ1v) is 7.44. The lowest BCUT2D eigenvalue weighted by Crippen LogP contribution is -2.70. The third-order valence-corrected chi connectivity index (χ3v) is 5.03. The highest BCUT2D eigenvalue weighted by atomic mass is 15.4. The molecule has 0 aromatic rings. The largest absolute Gasteiger partial charge is 0.317 e. The number of rotatable bonds is 3. The molecule has 3 nitrogen and oxygen atoms in total. The molecular formula is C14H27N3. The number of nitrogens with zero attached hydrogens (tertiary/aromatic N) is 2. The SMILES string of the molecule is CC(C)N1CC2CC(C1)N2CC1CCNCC1. The van der Waals surface area contributed by atoms with Crippen LogP contribution in [0.4, 0.5) is 0 Å². The number of hydrogen-bond acceptors (Lipinski definition) is 3. The van der Waals surface area contributed by atoms with Crippen LogP contribution in [0.3, 0.4) is 0 Å².